The summed E-state index contributed by atoms with van der Waals surface area (Å²) in [5.41, 5.74) is 7.29. The van der Waals surface area contributed by atoms with Crippen molar-refractivity contribution in [3.63, 3.8) is 0 Å². The zero-order chi connectivity index (χ0) is 15.1. The van der Waals surface area contributed by atoms with Crippen LogP contribution in [0.4, 0.5) is 0 Å². The number of ether oxygens (including phenoxy) is 2. The lowest BCUT2D eigenvalue weighted by molar-refractivity contribution is -0.0437. The average molecular weight is 292 g/mol. The predicted molar refractivity (Wildman–Crippen MR) is 85.6 cm³/mol. The van der Waals surface area contributed by atoms with E-state index in [4.69, 9.17) is 15.2 Å². The zero-order valence-corrected chi connectivity index (χ0v) is 13.3. The van der Waals surface area contributed by atoms with Gasteiger partial charge in [-0.2, -0.15) is 0 Å². The highest BCUT2D eigenvalue weighted by atomic mass is 16.5. The monoisotopic (exact) mass is 292 g/mol. The van der Waals surface area contributed by atoms with Gasteiger partial charge in [0.2, 0.25) is 0 Å². The first-order chi connectivity index (χ1) is 10.3. The normalized spacial score (nSPS) is 21.2. The van der Waals surface area contributed by atoms with Gasteiger partial charge in [0.25, 0.3) is 0 Å². The quantitative estimate of drug-likeness (QED) is 0.839. The Morgan fingerprint density at radius 2 is 2.29 bits per heavy atom. The first-order valence-corrected chi connectivity index (χ1v) is 8.07. The van der Waals surface area contributed by atoms with Gasteiger partial charge in [-0.1, -0.05) is 26.0 Å². The minimum Gasteiger partial charge on any atom is -0.494 e. The van der Waals surface area contributed by atoms with Crippen LogP contribution in [0, 0.1) is 0 Å². The van der Waals surface area contributed by atoms with Crippen LogP contribution in [0.2, 0.25) is 0 Å². The number of hydrogen-bond acceptors (Lipinski definition) is 4. The van der Waals surface area contributed by atoms with E-state index >= 15 is 0 Å². The second-order valence-electron chi connectivity index (χ2n) is 5.57. The molecule has 2 unspecified atom stereocenters. The van der Waals surface area contributed by atoms with E-state index in [-0.39, 0.29) is 6.04 Å². The molecule has 1 aromatic carbocycles. The van der Waals surface area contributed by atoms with Crippen molar-refractivity contribution in [1.82, 2.24) is 4.90 Å². The van der Waals surface area contributed by atoms with Gasteiger partial charge in [-0.15, -0.1) is 0 Å². The predicted octanol–water partition coefficient (Wildman–Crippen LogP) is 2.59. The fourth-order valence-electron chi connectivity index (χ4n) is 2.80. The molecule has 1 heterocycles. The Morgan fingerprint density at radius 3 is 3.00 bits per heavy atom. The van der Waals surface area contributed by atoms with Gasteiger partial charge in [0, 0.05) is 25.7 Å². The highest BCUT2D eigenvalue weighted by Gasteiger charge is 2.26. The number of nitrogens with zero attached hydrogens (tertiary/aromatic N) is 1. The summed E-state index contributed by atoms with van der Waals surface area (Å²) in [4.78, 5) is 2.44. The molecule has 4 nitrogen and oxygen atoms in total. The molecule has 118 valence electrons. The topological polar surface area (TPSA) is 47.7 Å². The van der Waals surface area contributed by atoms with Gasteiger partial charge in [-0.25, -0.2) is 0 Å². The summed E-state index contributed by atoms with van der Waals surface area (Å²) >= 11 is 0. The van der Waals surface area contributed by atoms with Crippen LogP contribution in [0.1, 0.15) is 38.3 Å². The van der Waals surface area contributed by atoms with E-state index in [1.54, 1.807) is 0 Å². The van der Waals surface area contributed by atoms with E-state index in [2.05, 4.69) is 36.9 Å². The number of benzene rings is 1. The SMILES string of the molecule is CCCOc1cccc(C(CN)N2CCOC(CC)C2)c1. The summed E-state index contributed by atoms with van der Waals surface area (Å²) in [5.74, 6) is 0.938. The average Bonchev–Trinajstić information content (AvgIpc) is 2.54. The van der Waals surface area contributed by atoms with Crippen LogP contribution in [-0.2, 0) is 4.74 Å². The summed E-state index contributed by atoms with van der Waals surface area (Å²) < 4.78 is 11.5. The van der Waals surface area contributed by atoms with Gasteiger partial charge in [-0.05, 0) is 30.5 Å². The molecular formula is C17H28N2O2. The van der Waals surface area contributed by atoms with Crippen molar-refractivity contribution in [2.45, 2.75) is 38.8 Å². The third kappa shape index (κ3) is 4.43. The van der Waals surface area contributed by atoms with Crippen molar-refractivity contribution in [1.29, 1.82) is 0 Å². The highest BCUT2D eigenvalue weighted by molar-refractivity contribution is 5.31. The lowest BCUT2D eigenvalue weighted by Gasteiger charge is -2.38. The second-order valence-corrected chi connectivity index (χ2v) is 5.57. The molecule has 0 spiro atoms. The summed E-state index contributed by atoms with van der Waals surface area (Å²) in [6.07, 6.45) is 2.40. The molecule has 0 aromatic heterocycles. The van der Waals surface area contributed by atoms with Gasteiger partial charge in [0.15, 0.2) is 0 Å². The van der Waals surface area contributed by atoms with Crippen molar-refractivity contribution < 1.29 is 9.47 Å². The Morgan fingerprint density at radius 1 is 1.43 bits per heavy atom. The van der Waals surface area contributed by atoms with Crippen molar-refractivity contribution in [2.75, 3.05) is 32.8 Å². The lowest BCUT2D eigenvalue weighted by atomic mass is 10.0. The highest BCUT2D eigenvalue weighted by Crippen LogP contribution is 2.26. The molecule has 4 heteroatoms. The van der Waals surface area contributed by atoms with E-state index in [1.807, 2.05) is 6.07 Å². The van der Waals surface area contributed by atoms with E-state index in [0.29, 0.717) is 12.6 Å². The van der Waals surface area contributed by atoms with Crippen LogP contribution in [0.15, 0.2) is 24.3 Å². The summed E-state index contributed by atoms with van der Waals surface area (Å²) in [7, 11) is 0. The smallest absolute Gasteiger partial charge is 0.119 e. The zero-order valence-electron chi connectivity index (χ0n) is 13.3. The molecule has 1 fully saturated rings. The van der Waals surface area contributed by atoms with E-state index in [9.17, 15) is 0 Å². The van der Waals surface area contributed by atoms with Crippen LogP contribution in [0.5, 0.6) is 5.75 Å². The Hall–Kier alpha value is -1.10. The molecule has 1 aliphatic heterocycles. The molecule has 1 aliphatic rings. The van der Waals surface area contributed by atoms with Crippen LogP contribution in [0.25, 0.3) is 0 Å². The van der Waals surface area contributed by atoms with Gasteiger partial charge in [0.1, 0.15) is 5.75 Å². The summed E-state index contributed by atoms with van der Waals surface area (Å²) in [5, 5.41) is 0. The van der Waals surface area contributed by atoms with Gasteiger partial charge >= 0.3 is 0 Å². The molecule has 0 radical (unpaired) electrons. The molecular weight excluding hydrogens is 264 g/mol. The Bertz CT molecular complexity index is 425. The van der Waals surface area contributed by atoms with Crippen LogP contribution in [-0.4, -0.2) is 43.9 Å². The molecule has 21 heavy (non-hydrogen) atoms. The number of hydrogen-bond donors (Lipinski definition) is 1. The molecule has 0 aliphatic carbocycles. The van der Waals surface area contributed by atoms with Crippen molar-refractivity contribution in [3.8, 4) is 5.75 Å². The van der Waals surface area contributed by atoms with E-state index in [1.165, 1.54) is 5.56 Å². The minimum absolute atomic E-state index is 0.244. The third-order valence-electron chi connectivity index (χ3n) is 4.01. The maximum absolute atomic E-state index is 6.05. The lowest BCUT2D eigenvalue weighted by Crippen LogP contribution is -2.46. The van der Waals surface area contributed by atoms with Gasteiger partial charge in [-0.3, -0.25) is 4.90 Å². The Labute approximate surface area is 128 Å². The van der Waals surface area contributed by atoms with Gasteiger partial charge < -0.3 is 15.2 Å². The molecule has 2 atom stereocenters. The molecule has 2 N–H and O–H groups in total. The summed E-state index contributed by atoms with van der Waals surface area (Å²) in [6.45, 7) is 8.35. The fraction of sp³-hybridized carbons (Fsp3) is 0.647. The maximum Gasteiger partial charge on any atom is 0.119 e. The Balaban J connectivity index is 2.09. The van der Waals surface area contributed by atoms with Crippen molar-refractivity contribution >= 4 is 0 Å². The first kappa shape index (κ1) is 16.3. The number of rotatable bonds is 7. The Kier molecular flexibility index (Phi) is 6.49. The molecule has 0 saturated carbocycles. The standard InChI is InChI=1S/C17H28N2O2/c1-3-9-20-16-7-5-6-14(11-16)17(12-18)19-8-10-21-15(4-2)13-19/h5-7,11,15,17H,3-4,8-10,12-13,18H2,1-2H3. The first-order valence-electron chi connectivity index (χ1n) is 8.07. The van der Waals surface area contributed by atoms with E-state index < -0.39 is 0 Å². The van der Waals surface area contributed by atoms with Crippen molar-refractivity contribution in [2.24, 2.45) is 5.73 Å². The molecule has 0 amide bonds. The second kappa shape index (κ2) is 8.37. The van der Waals surface area contributed by atoms with E-state index in [0.717, 1.165) is 44.9 Å². The number of nitrogens with two attached hydrogens (primary N) is 1. The largest absolute Gasteiger partial charge is 0.494 e. The maximum atomic E-state index is 6.05. The molecule has 1 aromatic rings. The van der Waals surface area contributed by atoms with Crippen molar-refractivity contribution in [3.05, 3.63) is 29.8 Å². The third-order valence-corrected chi connectivity index (χ3v) is 4.01. The van der Waals surface area contributed by atoms with Crippen LogP contribution < -0.4 is 10.5 Å². The fourth-order valence-corrected chi connectivity index (χ4v) is 2.80. The number of morpholine rings is 1. The molecule has 1 saturated heterocycles. The summed E-state index contributed by atoms with van der Waals surface area (Å²) in [6, 6.07) is 8.59. The minimum atomic E-state index is 0.244. The van der Waals surface area contributed by atoms with Gasteiger partial charge in [0.05, 0.1) is 19.3 Å². The molecule has 2 rings (SSSR count). The van der Waals surface area contributed by atoms with Crippen LogP contribution >= 0.6 is 0 Å². The van der Waals surface area contributed by atoms with Crippen LogP contribution in [0.3, 0.4) is 0 Å². The molecule has 0 bridgehead atoms.